The molecule has 0 aromatic carbocycles. The van der Waals surface area contributed by atoms with E-state index in [1.807, 2.05) is 14.1 Å². The highest BCUT2D eigenvalue weighted by Crippen LogP contribution is 2.13. The van der Waals surface area contributed by atoms with Crippen LogP contribution < -0.4 is 20.9 Å². The van der Waals surface area contributed by atoms with E-state index in [1.54, 1.807) is 16.8 Å². The van der Waals surface area contributed by atoms with Crippen molar-refractivity contribution in [2.75, 3.05) is 49.3 Å². The predicted molar refractivity (Wildman–Crippen MR) is 75.4 cm³/mol. The molecule has 0 unspecified atom stereocenters. The Kier molecular flexibility index (Phi) is 5.28. The molecule has 1 aromatic rings. The van der Waals surface area contributed by atoms with Crippen molar-refractivity contribution in [3.05, 3.63) is 0 Å². The van der Waals surface area contributed by atoms with Crippen LogP contribution in [0, 0.1) is 0 Å². The fourth-order valence-electron chi connectivity index (χ4n) is 1.34. The Balaban J connectivity index is 3.01. The van der Waals surface area contributed by atoms with Gasteiger partial charge < -0.3 is 20.9 Å². The van der Waals surface area contributed by atoms with Crippen LogP contribution >= 0.6 is 0 Å². The molecule has 0 aliphatic heterocycles. The Bertz CT molecular complexity index is 435. The first-order valence-electron chi connectivity index (χ1n) is 6.10. The highest BCUT2D eigenvalue weighted by Gasteiger charge is 2.12. The molecule has 0 saturated carbocycles. The summed E-state index contributed by atoms with van der Waals surface area (Å²) in [7, 11) is 5.40. The van der Waals surface area contributed by atoms with Gasteiger partial charge in [-0.15, -0.1) is 0 Å². The van der Waals surface area contributed by atoms with Gasteiger partial charge in [0.2, 0.25) is 23.8 Å². The summed E-state index contributed by atoms with van der Waals surface area (Å²) in [6.45, 7) is 2.89. The smallest absolute Gasteiger partial charge is 0.237 e. The summed E-state index contributed by atoms with van der Waals surface area (Å²) in [5.41, 5.74) is 5.17. The molecule has 0 saturated heterocycles. The summed E-state index contributed by atoms with van der Waals surface area (Å²) in [4.78, 5) is 27.1. The summed E-state index contributed by atoms with van der Waals surface area (Å²) in [5, 5.41) is 3.11. The average molecular weight is 267 g/mol. The Morgan fingerprint density at radius 3 is 2.37 bits per heavy atom. The number of amides is 1. The Hall–Kier alpha value is -2.12. The minimum Gasteiger partial charge on any atom is -0.368 e. The van der Waals surface area contributed by atoms with Crippen LogP contribution in [-0.4, -0.2) is 55.1 Å². The number of nitrogens with two attached hydrogens (primary N) is 1. The van der Waals surface area contributed by atoms with Crippen LogP contribution in [0.25, 0.3) is 0 Å². The third kappa shape index (κ3) is 4.57. The number of nitrogens with one attached hydrogen (secondary N) is 1. The second kappa shape index (κ2) is 6.72. The lowest BCUT2D eigenvalue weighted by Gasteiger charge is -2.18. The van der Waals surface area contributed by atoms with E-state index >= 15 is 0 Å². The Labute approximate surface area is 113 Å². The molecule has 0 aliphatic rings. The van der Waals surface area contributed by atoms with Crippen molar-refractivity contribution < 1.29 is 4.79 Å². The van der Waals surface area contributed by atoms with Crippen molar-refractivity contribution in [2.24, 2.45) is 5.73 Å². The second-order valence-electron chi connectivity index (χ2n) is 4.40. The van der Waals surface area contributed by atoms with Crippen molar-refractivity contribution in [1.29, 1.82) is 0 Å². The van der Waals surface area contributed by atoms with E-state index < -0.39 is 5.91 Å². The van der Waals surface area contributed by atoms with Crippen LogP contribution in [0.4, 0.5) is 17.8 Å². The summed E-state index contributed by atoms with van der Waals surface area (Å²) in [6.07, 6.45) is 0.968. The van der Waals surface area contributed by atoms with Gasteiger partial charge in [-0.3, -0.25) is 4.79 Å². The quantitative estimate of drug-likeness (QED) is 0.698. The summed E-state index contributed by atoms with van der Waals surface area (Å²) in [5.74, 6) is 1.00. The van der Waals surface area contributed by atoms with Crippen LogP contribution in [0.5, 0.6) is 0 Å². The highest BCUT2D eigenvalue weighted by atomic mass is 16.1. The second-order valence-corrected chi connectivity index (χ2v) is 4.40. The van der Waals surface area contributed by atoms with Gasteiger partial charge in [-0.05, 0) is 6.42 Å². The lowest BCUT2D eigenvalue weighted by atomic mass is 10.5. The molecule has 106 valence electrons. The van der Waals surface area contributed by atoms with E-state index in [0.717, 1.165) is 13.0 Å². The fourth-order valence-corrected chi connectivity index (χ4v) is 1.34. The number of anilines is 3. The van der Waals surface area contributed by atoms with Crippen molar-refractivity contribution >= 4 is 23.8 Å². The van der Waals surface area contributed by atoms with Gasteiger partial charge in [0.1, 0.15) is 0 Å². The first-order valence-corrected chi connectivity index (χ1v) is 6.10. The summed E-state index contributed by atoms with van der Waals surface area (Å²) >= 11 is 0. The van der Waals surface area contributed by atoms with Crippen LogP contribution in [-0.2, 0) is 4.79 Å². The largest absolute Gasteiger partial charge is 0.368 e. The maximum atomic E-state index is 10.9. The lowest BCUT2D eigenvalue weighted by Crippen LogP contribution is -2.32. The normalized spacial score (nSPS) is 10.1. The first-order chi connectivity index (χ1) is 8.93. The number of hydrogen-bond donors (Lipinski definition) is 2. The molecule has 0 radical (unpaired) electrons. The van der Waals surface area contributed by atoms with Crippen molar-refractivity contribution in [1.82, 2.24) is 15.0 Å². The molecular weight excluding hydrogens is 246 g/mol. The van der Waals surface area contributed by atoms with E-state index in [4.69, 9.17) is 5.73 Å². The topological polar surface area (TPSA) is 100 Å². The number of aromatic nitrogens is 3. The van der Waals surface area contributed by atoms with E-state index in [2.05, 4.69) is 27.2 Å². The molecule has 1 rings (SSSR count). The molecule has 8 nitrogen and oxygen atoms in total. The zero-order valence-electron chi connectivity index (χ0n) is 11.8. The van der Waals surface area contributed by atoms with E-state index in [-0.39, 0.29) is 6.54 Å². The fraction of sp³-hybridized carbons (Fsp3) is 0.636. The number of likely N-dealkylation sites (N-methyl/N-ethyl adjacent to an activating group) is 1. The van der Waals surface area contributed by atoms with Crippen LogP contribution in [0.2, 0.25) is 0 Å². The number of rotatable bonds is 7. The first kappa shape index (κ1) is 14.9. The number of hydrogen-bond acceptors (Lipinski definition) is 7. The van der Waals surface area contributed by atoms with Gasteiger partial charge in [0.15, 0.2) is 0 Å². The zero-order chi connectivity index (χ0) is 14.4. The maximum Gasteiger partial charge on any atom is 0.237 e. The number of carbonyl (C=O) groups is 1. The molecule has 3 N–H and O–H groups in total. The number of nitrogens with zero attached hydrogens (tertiary/aromatic N) is 5. The molecule has 0 bridgehead atoms. The molecule has 1 aromatic heterocycles. The number of carbonyl (C=O) groups excluding carboxylic acids is 1. The SMILES string of the molecule is CCCNc1nc(N(C)C)nc(N(C)CC(N)=O)n1. The van der Waals surface area contributed by atoms with E-state index in [9.17, 15) is 4.79 Å². The molecular formula is C11H21N7O. The molecule has 0 atom stereocenters. The van der Waals surface area contributed by atoms with Crippen molar-refractivity contribution in [3.63, 3.8) is 0 Å². The minimum atomic E-state index is -0.433. The van der Waals surface area contributed by atoms with Gasteiger partial charge in [0.05, 0.1) is 6.54 Å². The van der Waals surface area contributed by atoms with Gasteiger partial charge in [-0.2, -0.15) is 15.0 Å². The summed E-state index contributed by atoms with van der Waals surface area (Å²) < 4.78 is 0. The van der Waals surface area contributed by atoms with Gasteiger partial charge in [-0.25, -0.2) is 0 Å². The van der Waals surface area contributed by atoms with E-state index in [0.29, 0.717) is 17.8 Å². The highest BCUT2D eigenvalue weighted by molar-refractivity contribution is 5.78. The average Bonchev–Trinajstić information content (AvgIpc) is 2.35. The molecule has 8 heteroatoms. The molecule has 1 heterocycles. The van der Waals surface area contributed by atoms with Crippen molar-refractivity contribution in [3.8, 4) is 0 Å². The Morgan fingerprint density at radius 2 is 1.84 bits per heavy atom. The molecule has 19 heavy (non-hydrogen) atoms. The van der Waals surface area contributed by atoms with Crippen LogP contribution in [0.1, 0.15) is 13.3 Å². The third-order valence-corrected chi connectivity index (χ3v) is 2.28. The molecule has 0 aliphatic carbocycles. The molecule has 0 fully saturated rings. The zero-order valence-corrected chi connectivity index (χ0v) is 11.8. The van der Waals surface area contributed by atoms with Gasteiger partial charge in [-0.1, -0.05) is 6.92 Å². The maximum absolute atomic E-state index is 10.9. The predicted octanol–water partition coefficient (Wildman–Crippen LogP) is -0.319. The van der Waals surface area contributed by atoms with Gasteiger partial charge >= 0.3 is 0 Å². The molecule has 1 amide bonds. The van der Waals surface area contributed by atoms with Gasteiger partial charge in [0, 0.05) is 27.7 Å². The number of primary amides is 1. The third-order valence-electron chi connectivity index (χ3n) is 2.28. The Morgan fingerprint density at radius 1 is 1.21 bits per heavy atom. The van der Waals surface area contributed by atoms with Crippen LogP contribution in [0.15, 0.2) is 0 Å². The lowest BCUT2D eigenvalue weighted by molar-refractivity contribution is -0.116. The summed E-state index contributed by atoms with van der Waals surface area (Å²) in [6, 6.07) is 0. The van der Waals surface area contributed by atoms with Crippen molar-refractivity contribution in [2.45, 2.75) is 13.3 Å². The molecule has 0 spiro atoms. The van der Waals surface area contributed by atoms with E-state index in [1.165, 1.54) is 0 Å². The van der Waals surface area contributed by atoms with Gasteiger partial charge in [0.25, 0.3) is 0 Å². The monoisotopic (exact) mass is 267 g/mol. The van der Waals surface area contributed by atoms with Crippen LogP contribution in [0.3, 0.4) is 0 Å². The minimum absolute atomic E-state index is 0.0596. The standard InChI is InChI=1S/C11H21N7O/c1-5-6-13-9-14-10(17(2)3)16-11(15-9)18(4)7-8(12)19/h5-7H2,1-4H3,(H2,12,19)(H,13,14,15,16).